The largest absolute Gasteiger partial charge is 0.310 e. The fourth-order valence-electron chi connectivity index (χ4n) is 1.74. The van der Waals surface area contributed by atoms with Gasteiger partial charge in [0, 0.05) is 36.1 Å². The number of hydrogen-bond acceptors (Lipinski definition) is 3. The maximum Gasteiger partial charge on any atom is 0.163 e. The highest BCUT2D eigenvalue weighted by atomic mass is 32.1. The van der Waals surface area contributed by atoms with Crippen LogP contribution in [0.5, 0.6) is 0 Å². The lowest BCUT2D eigenvalue weighted by atomic mass is 10.1. The Hall–Kier alpha value is -1.33. The molecule has 0 radical (unpaired) electrons. The first kappa shape index (κ1) is 13.1. The van der Waals surface area contributed by atoms with Gasteiger partial charge < -0.3 is 5.32 Å². The minimum absolute atomic E-state index is 0.222. The van der Waals surface area contributed by atoms with Crippen molar-refractivity contribution in [2.75, 3.05) is 6.54 Å². The molecule has 0 aliphatic rings. The van der Waals surface area contributed by atoms with Crippen molar-refractivity contribution in [1.29, 1.82) is 0 Å². The van der Waals surface area contributed by atoms with Gasteiger partial charge in [-0.3, -0.25) is 0 Å². The lowest BCUT2D eigenvalue weighted by Crippen LogP contribution is -2.22. The monoisotopic (exact) mass is 268 g/mol. The van der Waals surface area contributed by atoms with Crippen molar-refractivity contribution >= 4 is 11.3 Å². The highest BCUT2D eigenvalue weighted by Crippen LogP contribution is 2.18. The Morgan fingerprint density at radius 2 is 2.22 bits per heavy atom. The minimum atomic E-state index is -0.805. The number of benzene rings is 1. The van der Waals surface area contributed by atoms with Gasteiger partial charge in [0.1, 0.15) is 0 Å². The number of hydrogen-bond donors (Lipinski definition) is 1. The number of halogens is 2. The van der Waals surface area contributed by atoms with Crippen LogP contribution in [0.25, 0.3) is 0 Å². The van der Waals surface area contributed by atoms with E-state index in [9.17, 15) is 8.78 Å². The lowest BCUT2D eigenvalue weighted by Gasteiger charge is -2.14. The molecule has 0 spiro atoms. The van der Waals surface area contributed by atoms with Gasteiger partial charge >= 0.3 is 0 Å². The summed E-state index contributed by atoms with van der Waals surface area (Å²) in [6.07, 6.45) is 2.55. The first-order valence-corrected chi connectivity index (χ1v) is 6.62. The van der Waals surface area contributed by atoms with Crippen LogP contribution >= 0.6 is 11.3 Å². The standard InChI is InChI=1S/C13H14F2N2S/c1-9(10-3-2-4-11(14)13(10)15)16-6-5-12-17-7-8-18-12/h2-4,7-9,16H,5-6H2,1H3. The molecular weight excluding hydrogens is 254 g/mol. The van der Waals surface area contributed by atoms with E-state index in [-0.39, 0.29) is 6.04 Å². The molecule has 0 aliphatic carbocycles. The van der Waals surface area contributed by atoms with Crippen LogP contribution in [0.4, 0.5) is 8.78 Å². The van der Waals surface area contributed by atoms with Crippen molar-refractivity contribution in [2.24, 2.45) is 0 Å². The van der Waals surface area contributed by atoms with E-state index < -0.39 is 11.6 Å². The van der Waals surface area contributed by atoms with Gasteiger partial charge in [-0.2, -0.15) is 0 Å². The molecule has 1 aromatic heterocycles. The molecule has 0 fully saturated rings. The predicted molar refractivity (Wildman–Crippen MR) is 68.6 cm³/mol. The van der Waals surface area contributed by atoms with Crippen LogP contribution in [0.15, 0.2) is 29.8 Å². The zero-order chi connectivity index (χ0) is 13.0. The highest BCUT2D eigenvalue weighted by Gasteiger charge is 2.13. The number of nitrogens with zero attached hydrogens (tertiary/aromatic N) is 1. The lowest BCUT2D eigenvalue weighted by molar-refractivity contribution is 0.474. The van der Waals surface area contributed by atoms with E-state index in [1.807, 2.05) is 12.3 Å². The Kier molecular flexibility index (Phi) is 4.38. The molecule has 0 aliphatic heterocycles. The smallest absolute Gasteiger partial charge is 0.163 e. The Bertz CT molecular complexity index is 500. The van der Waals surface area contributed by atoms with Crippen LogP contribution in [0.1, 0.15) is 23.5 Å². The number of nitrogens with one attached hydrogen (secondary N) is 1. The summed E-state index contributed by atoms with van der Waals surface area (Å²) in [5, 5.41) is 6.12. The average molecular weight is 268 g/mol. The Morgan fingerprint density at radius 1 is 1.39 bits per heavy atom. The zero-order valence-electron chi connectivity index (χ0n) is 9.99. The highest BCUT2D eigenvalue weighted by molar-refractivity contribution is 7.09. The van der Waals surface area contributed by atoms with Crippen LogP contribution in [-0.4, -0.2) is 11.5 Å². The van der Waals surface area contributed by atoms with Gasteiger partial charge in [0.15, 0.2) is 11.6 Å². The van der Waals surface area contributed by atoms with E-state index in [2.05, 4.69) is 10.3 Å². The maximum absolute atomic E-state index is 13.5. The van der Waals surface area contributed by atoms with E-state index >= 15 is 0 Å². The third-order valence-electron chi connectivity index (χ3n) is 2.72. The SMILES string of the molecule is CC(NCCc1nccs1)c1cccc(F)c1F. The Labute approximate surface area is 109 Å². The Morgan fingerprint density at radius 3 is 2.94 bits per heavy atom. The van der Waals surface area contributed by atoms with Crippen LogP contribution in [-0.2, 0) is 6.42 Å². The van der Waals surface area contributed by atoms with Gasteiger partial charge in [0.2, 0.25) is 0 Å². The second-order valence-corrected chi connectivity index (χ2v) is 4.97. The van der Waals surface area contributed by atoms with Crippen LogP contribution in [0, 0.1) is 11.6 Å². The summed E-state index contributed by atoms with van der Waals surface area (Å²) >= 11 is 1.59. The number of thiazole rings is 1. The summed E-state index contributed by atoms with van der Waals surface area (Å²) < 4.78 is 26.6. The molecule has 0 saturated carbocycles. The average Bonchev–Trinajstić information content (AvgIpc) is 2.85. The van der Waals surface area contributed by atoms with E-state index in [1.165, 1.54) is 6.07 Å². The third-order valence-corrected chi connectivity index (χ3v) is 3.56. The van der Waals surface area contributed by atoms with Crippen molar-refractivity contribution in [3.8, 4) is 0 Å². The van der Waals surface area contributed by atoms with E-state index in [4.69, 9.17) is 0 Å². The first-order valence-electron chi connectivity index (χ1n) is 5.74. The molecule has 1 N–H and O–H groups in total. The minimum Gasteiger partial charge on any atom is -0.310 e. The molecule has 0 amide bonds. The van der Waals surface area contributed by atoms with Crippen molar-refractivity contribution < 1.29 is 8.78 Å². The van der Waals surface area contributed by atoms with Gasteiger partial charge in [-0.05, 0) is 13.0 Å². The fraction of sp³-hybridized carbons (Fsp3) is 0.308. The summed E-state index contributed by atoms with van der Waals surface area (Å²) in [5.74, 6) is -1.58. The Balaban J connectivity index is 1.91. The van der Waals surface area contributed by atoms with Crippen LogP contribution < -0.4 is 5.32 Å². The second kappa shape index (κ2) is 6.02. The molecule has 1 unspecified atom stereocenters. The molecule has 2 nitrogen and oxygen atoms in total. The number of aromatic nitrogens is 1. The summed E-state index contributed by atoms with van der Waals surface area (Å²) in [4.78, 5) is 4.16. The summed E-state index contributed by atoms with van der Waals surface area (Å²) in [5.41, 5.74) is 0.356. The normalized spacial score (nSPS) is 12.6. The van der Waals surface area contributed by atoms with E-state index in [0.29, 0.717) is 12.1 Å². The maximum atomic E-state index is 13.5. The van der Waals surface area contributed by atoms with Gasteiger partial charge in [-0.15, -0.1) is 11.3 Å². The van der Waals surface area contributed by atoms with Gasteiger partial charge in [-0.25, -0.2) is 13.8 Å². The predicted octanol–water partition coefficient (Wildman–Crippen LogP) is 3.31. The molecule has 1 aromatic carbocycles. The van der Waals surface area contributed by atoms with Crippen molar-refractivity contribution in [1.82, 2.24) is 10.3 Å². The number of rotatable bonds is 5. The van der Waals surface area contributed by atoms with Gasteiger partial charge in [0.05, 0.1) is 5.01 Å². The molecular formula is C13H14F2N2S. The summed E-state index contributed by atoms with van der Waals surface area (Å²) in [6.45, 7) is 2.50. The molecule has 0 bridgehead atoms. The molecule has 1 atom stereocenters. The van der Waals surface area contributed by atoms with Gasteiger partial charge in [0.25, 0.3) is 0 Å². The van der Waals surface area contributed by atoms with Gasteiger partial charge in [-0.1, -0.05) is 12.1 Å². The zero-order valence-corrected chi connectivity index (χ0v) is 10.8. The van der Waals surface area contributed by atoms with Crippen LogP contribution in [0.3, 0.4) is 0 Å². The topological polar surface area (TPSA) is 24.9 Å². The molecule has 18 heavy (non-hydrogen) atoms. The van der Waals surface area contributed by atoms with Crippen molar-refractivity contribution in [3.05, 3.63) is 52.0 Å². The second-order valence-electron chi connectivity index (χ2n) is 3.99. The molecule has 96 valence electrons. The summed E-state index contributed by atoms with van der Waals surface area (Å²) in [6, 6.07) is 4.02. The quantitative estimate of drug-likeness (QED) is 0.900. The van der Waals surface area contributed by atoms with E-state index in [0.717, 1.165) is 17.5 Å². The first-order chi connectivity index (χ1) is 8.68. The molecule has 0 saturated heterocycles. The van der Waals surface area contributed by atoms with Crippen molar-refractivity contribution in [3.63, 3.8) is 0 Å². The fourth-order valence-corrected chi connectivity index (χ4v) is 2.36. The molecule has 1 heterocycles. The summed E-state index contributed by atoms with van der Waals surface area (Å²) in [7, 11) is 0. The molecule has 5 heteroatoms. The van der Waals surface area contributed by atoms with Crippen LogP contribution in [0.2, 0.25) is 0 Å². The molecule has 2 rings (SSSR count). The van der Waals surface area contributed by atoms with E-state index in [1.54, 1.807) is 23.6 Å². The molecule has 2 aromatic rings. The van der Waals surface area contributed by atoms with Crippen molar-refractivity contribution in [2.45, 2.75) is 19.4 Å². The third kappa shape index (κ3) is 3.11.